The summed E-state index contributed by atoms with van der Waals surface area (Å²) in [6, 6.07) is 10.9. The highest BCUT2D eigenvalue weighted by atomic mass is 79.9. The molecule has 1 saturated carbocycles. The number of ether oxygens (including phenoxy) is 1. The van der Waals surface area contributed by atoms with Gasteiger partial charge in [0.15, 0.2) is 0 Å². The van der Waals surface area contributed by atoms with Crippen molar-refractivity contribution in [2.75, 3.05) is 13.1 Å². The molecule has 3 aliphatic rings. The van der Waals surface area contributed by atoms with E-state index in [4.69, 9.17) is 4.74 Å². The second-order valence-electron chi connectivity index (χ2n) is 11.2. The largest absolute Gasteiger partial charge is 0.487 e. The lowest BCUT2D eigenvalue weighted by Gasteiger charge is -2.43. The van der Waals surface area contributed by atoms with E-state index in [1.165, 1.54) is 0 Å². The van der Waals surface area contributed by atoms with E-state index in [1.807, 2.05) is 48.2 Å². The fourth-order valence-electron chi connectivity index (χ4n) is 6.67. The molecule has 1 aliphatic carbocycles. The molecule has 220 valence electrons. The zero-order valence-corrected chi connectivity index (χ0v) is 25.1. The first-order valence-electron chi connectivity index (χ1n) is 14.6. The average Bonchev–Trinajstić information content (AvgIpc) is 3.60. The van der Waals surface area contributed by atoms with E-state index in [1.54, 1.807) is 15.9 Å². The van der Waals surface area contributed by atoms with E-state index in [-0.39, 0.29) is 25.0 Å². The lowest BCUT2D eigenvalue weighted by molar-refractivity contribution is -0.153. The van der Waals surface area contributed by atoms with Crippen molar-refractivity contribution in [3.05, 3.63) is 75.0 Å². The molecule has 0 unspecified atom stereocenters. The summed E-state index contributed by atoms with van der Waals surface area (Å²) < 4.78 is 7.26. The van der Waals surface area contributed by atoms with Gasteiger partial charge in [-0.15, -0.1) is 0 Å². The first-order valence-corrected chi connectivity index (χ1v) is 15.4. The molecule has 0 bridgehead atoms. The van der Waals surface area contributed by atoms with Crippen LogP contribution < -0.4 is 4.74 Å². The maximum atomic E-state index is 14.3. The Morgan fingerprint density at radius 3 is 2.64 bits per heavy atom. The minimum absolute atomic E-state index is 0.0696. The third kappa shape index (κ3) is 5.30. The van der Waals surface area contributed by atoms with Crippen LogP contribution in [0.5, 0.6) is 5.75 Å². The van der Waals surface area contributed by atoms with Crippen molar-refractivity contribution in [3.8, 4) is 5.75 Å². The minimum Gasteiger partial charge on any atom is -0.487 e. The summed E-state index contributed by atoms with van der Waals surface area (Å²) in [7, 11) is 0. The van der Waals surface area contributed by atoms with Crippen LogP contribution in [0.1, 0.15) is 71.4 Å². The van der Waals surface area contributed by atoms with Gasteiger partial charge in [0.1, 0.15) is 18.1 Å². The Morgan fingerprint density at radius 1 is 1.12 bits per heavy atom. The number of carboxylic acids is 1. The molecule has 11 heteroatoms. The maximum absolute atomic E-state index is 14.3. The van der Waals surface area contributed by atoms with Gasteiger partial charge in [-0.2, -0.15) is 15.0 Å². The highest BCUT2D eigenvalue weighted by molar-refractivity contribution is 9.10. The van der Waals surface area contributed by atoms with Crippen LogP contribution in [0.4, 0.5) is 0 Å². The van der Waals surface area contributed by atoms with Crippen molar-refractivity contribution in [1.82, 2.24) is 24.8 Å². The Balaban J connectivity index is 1.37. The molecule has 3 aromatic rings. The Hall–Kier alpha value is -3.73. The first kappa shape index (κ1) is 28.4. The van der Waals surface area contributed by atoms with Crippen molar-refractivity contribution in [2.24, 2.45) is 11.8 Å². The van der Waals surface area contributed by atoms with E-state index in [0.717, 1.165) is 34.0 Å². The Kier molecular flexibility index (Phi) is 8.02. The molecular formula is C31H34BrN5O5. The summed E-state index contributed by atoms with van der Waals surface area (Å²) >= 11 is 3.72. The molecule has 3 atom stereocenters. The second-order valence-corrected chi connectivity index (χ2v) is 12.1. The highest BCUT2D eigenvalue weighted by Crippen LogP contribution is 2.43. The average molecular weight is 637 g/mol. The summed E-state index contributed by atoms with van der Waals surface area (Å²) in [5.74, 6) is -1.82. The SMILES string of the molecule is CCn1ncc(COc2ccc(Br)c3c2[C@@H](CN2Cc4ccccc4C2=O)N(C(=O)[C@@H]2CCCC[C@@H]2C(=O)O)CC3)n1. The van der Waals surface area contributed by atoms with Crippen molar-refractivity contribution in [3.63, 3.8) is 0 Å². The molecule has 3 heterocycles. The van der Waals surface area contributed by atoms with Gasteiger partial charge < -0.3 is 19.6 Å². The Labute approximate surface area is 252 Å². The molecule has 1 N–H and O–H groups in total. The molecule has 0 spiro atoms. The standard InChI is InChI=1S/C31H34BrN5O5/c1-2-37-33-15-20(34-37)18-42-27-12-11-25(32)24-13-14-36(30(39)22-9-5-6-10-23(22)31(40)41)26(28(24)27)17-35-16-19-7-3-4-8-21(19)29(35)38/h3-4,7-8,11-12,15,22-23,26H,2,5-6,9-10,13-14,16-18H2,1H3,(H,40,41)/t22-,23+,26-/m1/s1. The fraction of sp³-hybridized carbons (Fsp3) is 0.452. The van der Waals surface area contributed by atoms with Crippen molar-refractivity contribution in [1.29, 1.82) is 0 Å². The van der Waals surface area contributed by atoms with Gasteiger partial charge in [-0.1, -0.05) is 47.0 Å². The van der Waals surface area contributed by atoms with Gasteiger partial charge in [-0.25, -0.2) is 0 Å². The van der Waals surface area contributed by atoms with Crippen LogP contribution in [0.15, 0.2) is 47.1 Å². The molecule has 1 fully saturated rings. The van der Waals surface area contributed by atoms with Gasteiger partial charge in [0.25, 0.3) is 5.91 Å². The summed E-state index contributed by atoms with van der Waals surface area (Å²) in [6.45, 7) is 3.97. The number of benzene rings is 2. The third-order valence-corrected chi connectivity index (χ3v) is 9.53. The normalized spacial score (nSPS) is 21.7. The van der Waals surface area contributed by atoms with E-state index in [9.17, 15) is 19.5 Å². The van der Waals surface area contributed by atoms with Crippen molar-refractivity contribution >= 4 is 33.7 Å². The Bertz CT molecular complexity index is 1520. The number of carbonyl (C=O) groups excluding carboxylic acids is 2. The maximum Gasteiger partial charge on any atom is 0.307 e. The summed E-state index contributed by atoms with van der Waals surface area (Å²) in [5.41, 5.74) is 4.19. The van der Waals surface area contributed by atoms with Crippen molar-refractivity contribution < 1.29 is 24.2 Å². The molecule has 0 radical (unpaired) electrons. The van der Waals surface area contributed by atoms with Crippen LogP contribution in [-0.2, 0) is 35.7 Å². The number of carboxylic acid groups (broad SMARTS) is 1. The molecule has 0 saturated heterocycles. The summed E-state index contributed by atoms with van der Waals surface area (Å²) in [6.07, 6.45) is 4.94. The highest BCUT2D eigenvalue weighted by Gasteiger charge is 2.44. The molecule has 10 nitrogen and oxygen atoms in total. The number of hydrogen-bond donors (Lipinski definition) is 1. The predicted octanol–water partition coefficient (Wildman–Crippen LogP) is 4.61. The zero-order valence-electron chi connectivity index (χ0n) is 23.5. The summed E-state index contributed by atoms with van der Waals surface area (Å²) in [5, 5.41) is 18.6. The zero-order chi connectivity index (χ0) is 29.4. The number of carbonyl (C=O) groups is 3. The van der Waals surface area contributed by atoms with Gasteiger partial charge in [0, 0.05) is 35.2 Å². The second kappa shape index (κ2) is 11.9. The minimum atomic E-state index is -0.918. The van der Waals surface area contributed by atoms with Gasteiger partial charge in [-0.05, 0) is 55.5 Å². The number of rotatable bonds is 8. The summed E-state index contributed by atoms with van der Waals surface area (Å²) in [4.78, 5) is 45.1. The topological polar surface area (TPSA) is 118 Å². The van der Waals surface area contributed by atoms with E-state index in [0.29, 0.717) is 55.9 Å². The number of aliphatic carboxylic acids is 1. The number of fused-ring (bicyclic) bond motifs is 2. The molecule has 42 heavy (non-hydrogen) atoms. The van der Waals surface area contributed by atoms with Crippen LogP contribution in [-0.4, -0.2) is 60.8 Å². The number of nitrogens with zero attached hydrogens (tertiary/aromatic N) is 5. The number of amides is 2. The Morgan fingerprint density at radius 2 is 1.90 bits per heavy atom. The van der Waals surface area contributed by atoms with Gasteiger partial charge in [-0.3, -0.25) is 14.4 Å². The number of aryl methyl sites for hydroxylation is 1. The number of halogens is 1. The third-order valence-electron chi connectivity index (χ3n) is 8.79. The fourth-order valence-corrected chi connectivity index (χ4v) is 7.21. The van der Waals surface area contributed by atoms with Gasteiger partial charge >= 0.3 is 5.97 Å². The van der Waals surface area contributed by atoms with Crippen LogP contribution in [0, 0.1) is 11.8 Å². The molecule has 1 aromatic heterocycles. The van der Waals surface area contributed by atoms with Crippen LogP contribution >= 0.6 is 15.9 Å². The lowest BCUT2D eigenvalue weighted by Crippen LogP contribution is -2.50. The monoisotopic (exact) mass is 635 g/mol. The molecule has 2 aliphatic heterocycles. The molecular weight excluding hydrogens is 602 g/mol. The van der Waals surface area contributed by atoms with Gasteiger partial charge in [0.2, 0.25) is 5.91 Å². The molecule has 2 amide bonds. The molecule has 2 aromatic carbocycles. The van der Waals surface area contributed by atoms with Crippen LogP contribution in [0.25, 0.3) is 0 Å². The number of aromatic nitrogens is 3. The van der Waals surface area contributed by atoms with E-state index in [2.05, 4.69) is 26.1 Å². The van der Waals surface area contributed by atoms with Crippen LogP contribution in [0.3, 0.4) is 0 Å². The van der Waals surface area contributed by atoms with Crippen molar-refractivity contribution in [2.45, 2.75) is 64.8 Å². The van der Waals surface area contributed by atoms with E-state index < -0.39 is 23.8 Å². The quantitative estimate of drug-likeness (QED) is 0.384. The predicted molar refractivity (Wildman–Crippen MR) is 157 cm³/mol. The van der Waals surface area contributed by atoms with Gasteiger partial charge in [0.05, 0.1) is 30.6 Å². The lowest BCUT2D eigenvalue weighted by atomic mass is 9.77. The number of hydrogen-bond acceptors (Lipinski definition) is 6. The smallest absolute Gasteiger partial charge is 0.307 e. The first-order chi connectivity index (χ1) is 20.4. The van der Waals surface area contributed by atoms with E-state index >= 15 is 0 Å². The van der Waals surface area contributed by atoms with Crippen LogP contribution in [0.2, 0.25) is 0 Å². The molecule has 6 rings (SSSR count).